The Bertz CT molecular complexity index is 1500. The molecule has 2 aliphatic carbocycles. The molecule has 2 atom stereocenters. The third kappa shape index (κ3) is 7.02. The maximum atomic E-state index is 13.6. The van der Waals surface area contributed by atoms with Crippen molar-refractivity contribution in [1.82, 2.24) is 35.0 Å². The first-order valence-electron chi connectivity index (χ1n) is 14.6. The SMILES string of the molecule is CC(C)n1nccc1C(=O)N[C@@H](COC(C)(C)C(F)(F)F)c1cn2ncc([C@H](NC(=O)CC3CC(F)(F)C3)C3CC3)cc2n1. The molecule has 0 unspecified atom stereocenters. The Balaban J connectivity index is 1.37. The van der Waals surface area contributed by atoms with Crippen LogP contribution in [0.2, 0.25) is 0 Å². The smallest absolute Gasteiger partial charge is 0.364 e. The number of imidazole rings is 1. The largest absolute Gasteiger partial charge is 0.416 e. The number of alkyl halides is 5. The minimum atomic E-state index is -4.66. The number of hydrogen-bond donors (Lipinski definition) is 2. The van der Waals surface area contributed by atoms with E-state index in [4.69, 9.17) is 4.74 Å². The molecule has 0 bridgehead atoms. The van der Waals surface area contributed by atoms with Gasteiger partial charge in [0.2, 0.25) is 11.8 Å². The van der Waals surface area contributed by atoms with Crippen molar-refractivity contribution in [2.45, 2.75) is 95.6 Å². The highest BCUT2D eigenvalue weighted by molar-refractivity contribution is 5.92. The van der Waals surface area contributed by atoms with Gasteiger partial charge in [0.05, 0.1) is 36.8 Å². The Morgan fingerprint density at radius 2 is 1.84 bits per heavy atom. The molecule has 2 aliphatic rings. The quantitative estimate of drug-likeness (QED) is 0.263. The van der Waals surface area contributed by atoms with Gasteiger partial charge in [-0.2, -0.15) is 23.4 Å². The number of ether oxygens (including phenoxy) is 1. The van der Waals surface area contributed by atoms with Gasteiger partial charge in [0.1, 0.15) is 5.69 Å². The van der Waals surface area contributed by atoms with Crippen LogP contribution in [0.25, 0.3) is 5.65 Å². The maximum absolute atomic E-state index is 13.6. The highest BCUT2D eigenvalue weighted by Crippen LogP contribution is 2.45. The van der Waals surface area contributed by atoms with E-state index in [1.54, 1.807) is 12.3 Å². The molecule has 10 nitrogen and oxygen atoms in total. The topological polar surface area (TPSA) is 115 Å². The van der Waals surface area contributed by atoms with Crippen LogP contribution in [0.4, 0.5) is 22.0 Å². The Morgan fingerprint density at radius 3 is 2.45 bits per heavy atom. The molecule has 0 aliphatic heterocycles. The van der Waals surface area contributed by atoms with E-state index in [0.717, 1.165) is 26.7 Å². The molecule has 240 valence electrons. The average Bonchev–Trinajstić information content (AvgIpc) is 3.45. The molecular weight excluding hydrogens is 589 g/mol. The molecule has 15 heteroatoms. The summed E-state index contributed by atoms with van der Waals surface area (Å²) in [4.78, 5) is 30.5. The predicted octanol–water partition coefficient (Wildman–Crippen LogP) is 5.34. The third-order valence-electron chi connectivity index (χ3n) is 8.13. The number of fused-ring (bicyclic) bond motifs is 1. The van der Waals surface area contributed by atoms with Crippen LogP contribution >= 0.6 is 0 Å². The van der Waals surface area contributed by atoms with Crippen LogP contribution in [-0.2, 0) is 9.53 Å². The highest BCUT2D eigenvalue weighted by atomic mass is 19.4. The zero-order valence-corrected chi connectivity index (χ0v) is 24.9. The van der Waals surface area contributed by atoms with Gasteiger partial charge in [-0.1, -0.05) is 0 Å². The number of nitrogens with one attached hydrogen (secondary N) is 2. The summed E-state index contributed by atoms with van der Waals surface area (Å²) in [5.74, 6) is -3.76. The molecule has 3 aromatic rings. The second-order valence-corrected chi connectivity index (χ2v) is 12.6. The molecule has 3 aromatic heterocycles. The summed E-state index contributed by atoms with van der Waals surface area (Å²) in [6, 6.07) is 1.61. The summed E-state index contributed by atoms with van der Waals surface area (Å²) in [5, 5.41) is 14.3. The lowest BCUT2D eigenvalue weighted by Gasteiger charge is -2.34. The van der Waals surface area contributed by atoms with E-state index in [1.165, 1.54) is 27.7 Å². The zero-order chi connectivity index (χ0) is 32.0. The van der Waals surface area contributed by atoms with Gasteiger partial charge in [-0.25, -0.2) is 18.3 Å². The number of hydrogen-bond acceptors (Lipinski definition) is 6. The number of nitrogens with zero attached hydrogens (tertiary/aromatic N) is 5. The van der Waals surface area contributed by atoms with Crippen molar-refractivity contribution < 1.29 is 36.3 Å². The zero-order valence-electron chi connectivity index (χ0n) is 24.9. The molecule has 0 aromatic carbocycles. The van der Waals surface area contributed by atoms with Crippen molar-refractivity contribution in [2.24, 2.45) is 11.8 Å². The van der Waals surface area contributed by atoms with Gasteiger partial charge in [0.25, 0.3) is 5.91 Å². The van der Waals surface area contributed by atoms with Gasteiger partial charge in [-0.15, -0.1) is 0 Å². The first kappa shape index (κ1) is 31.8. The van der Waals surface area contributed by atoms with Crippen LogP contribution in [0.5, 0.6) is 0 Å². The Labute approximate surface area is 250 Å². The lowest BCUT2D eigenvalue weighted by Crippen LogP contribution is -2.44. The van der Waals surface area contributed by atoms with Crippen LogP contribution in [0.3, 0.4) is 0 Å². The Hall–Kier alpha value is -3.62. The summed E-state index contributed by atoms with van der Waals surface area (Å²) >= 11 is 0. The number of carbonyl (C=O) groups excluding carboxylic acids is 2. The van der Waals surface area contributed by atoms with Crippen LogP contribution in [0, 0.1) is 11.8 Å². The van der Waals surface area contributed by atoms with Crippen LogP contribution in [0.15, 0.2) is 30.7 Å². The van der Waals surface area contributed by atoms with Crippen molar-refractivity contribution in [3.63, 3.8) is 0 Å². The van der Waals surface area contributed by atoms with Crippen molar-refractivity contribution in [1.29, 1.82) is 0 Å². The van der Waals surface area contributed by atoms with Gasteiger partial charge in [0, 0.05) is 31.5 Å². The van der Waals surface area contributed by atoms with Gasteiger partial charge in [-0.05, 0) is 70.1 Å². The molecule has 2 amide bonds. The van der Waals surface area contributed by atoms with Crippen molar-refractivity contribution in [3.8, 4) is 0 Å². The van der Waals surface area contributed by atoms with Crippen molar-refractivity contribution in [3.05, 3.63) is 47.7 Å². The highest BCUT2D eigenvalue weighted by Gasteiger charge is 2.49. The molecule has 44 heavy (non-hydrogen) atoms. The van der Waals surface area contributed by atoms with E-state index in [0.29, 0.717) is 11.2 Å². The van der Waals surface area contributed by atoms with Crippen LogP contribution in [0.1, 0.15) is 99.7 Å². The van der Waals surface area contributed by atoms with E-state index in [-0.39, 0.29) is 60.5 Å². The predicted molar refractivity (Wildman–Crippen MR) is 148 cm³/mol. The van der Waals surface area contributed by atoms with E-state index >= 15 is 0 Å². The third-order valence-corrected chi connectivity index (χ3v) is 8.13. The van der Waals surface area contributed by atoms with Crippen molar-refractivity contribution in [2.75, 3.05) is 6.61 Å². The molecule has 0 radical (unpaired) electrons. The number of halogens is 5. The molecular formula is C29H36F5N7O3. The molecule has 2 fully saturated rings. The standard InChI is InChI=1S/C29H36F5N7O3/c1-16(2)41-22(7-8-35-41)26(43)38-21(15-44-27(3,4)29(32,33)34)20-14-40-23(37-20)10-19(13-36-40)25(18-5-6-18)39-24(42)9-17-11-28(30,31)12-17/h7-8,10,13-14,16-18,21,25H,5-6,9,11-12,15H2,1-4H3,(H,38,43)(H,39,42)/t21-,25+/m0/s1. The fourth-order valence-electron chi connectivity index (χ4n) is 5.29. The van der Waals surface area contributed by atoms with E-state index in [1.807, 2.05) is 13.8 Å². The first-order chi connectivity index (χ1) is 20.5. The summed E-state index contributed by atoms with van der Waals surface area (Å²) in [6.45, 7) is 4.95. The summed E-state index contributed by atoms with van der Waals surface area (Å²) in [7, 11) is 0. The fraction of sp³-hybridized carbons (Fsp3) is 0.621. The Kier molecular flexibility index (Phi) is 8.46. The monoisotopic (exact) mass is 625 g/mol. The molecule has 0 saturated heterocycles. The first-order valence-corrected chi connectivity index (χ1v) is 14.6. The normalized spacial score (nSPS) is 18.7. The lowest BCUT2D eigenvalue weighted by atomic mass is 9.79. The second kappa shape index (κ2) is 11.7. The average molecular weight is 626 g/mol. The summed E-state index contributed by atoms with van der Waals surface area (Å²) < 4.78 is 75.4. The fourth-order valence-corrected chi connectivity index (χ4v) is 5.29. The number of carbonyl (C=O) groups is 2. The summed E-state index contributed by atoms with van der Waals surface area (Å²) in [6.07, 6.45) is 1.06. The van der Waals surface area contributed by atoms with Crippen LogP contribution < -0.4 is 10.6 Å². The lowest BCUT2D eigenvalue weighted by molar-refractivity contribution is -0.265. The number of aromatic nitrogens is 5. The summed E-state index contributed by atoms with van der Waals surface area (Å²) in [5.41, 5.74) is -1.05. The van der Waals surface area contributed by atoms with E-state index < -0.39 is 36.3 Å². The minimum Gasteiger partial charge on any atom is -0.364 e. The van der Waals surface area contributed by atoms with Gasteiger partial charge < -0.3 is 15.4 Å². The van der Waals surface area contributed by atoms with Crippen LogP contribution in [-0.4, -0.2) is 60.5 Å². The van der Waals surface area contributed by atoms with Crippen molar-refractivity contribution >= 4 is 17.5 Å². The second-order valence-electron chi connectivity index (χ2n) is 12.6. The van der Waals surface area contributed by atoms with Gasteiger partial charge >= 0.3 is 6.18 Å². The van der Waals surface area contributed by atoms with E-state index in [9.17, 15) is 31.5 Å². The molecule has 5 rings (SSSR count). The molecule has 3 heterocycles. The van der Waals surface area contributed by atoms with Gasteiger partial charge in [0.15, 0.2) is 11.2 Å². The Morgan fingerprint density at radius 1 is 1.14 bits per heavy atom. The minimum absolute atomic E-state index is 0.0212. The number of amides is 2. The number of rotatable bonds is 12. The molecule has 2 saturated carbocycles. The van der Waals surface area contributed by atoms with Gasteiger partial charge in [-0.3, -0.25) is 14.3 Å². The molecule has 2 N–H and O–H groups in total. The van der Waals surface area contributed by atoms with E-state index in [2.05, 4.69) is 25.8 Å². The maximum Gasteiger partial charge on any atom is 0.416 e. The molecule has 0 spiro atoms.